The van der Waals surface area contributed by atoms with Crippen LogP contribution in [0.15, 0.2) is 42.5 Å². The van der Waals surface area contributed by atoms with E-state index in [1.807, 2.05) is 24.3 Å². The van der Waals surface area contributed by atoms with Crippen molar-refractivity contribution in [3.63, 3.8) is 0 Å². The Balaban J connectivity index is 1.51. The van der Waals surface area contributed by atoms with E-state index in [2.05, 4.69) is 10.6 Å². The number of carbonyl (C=O) groups excluding carboxylic acids is 2. The molecule has 7 heteroatoms. The van der Waals surface area contributed by atoms with Crippen LogP contribution in [0, 0.1) is 0 Å². The maximum atomic E-state index is 12.7. The third-order valence-corrected chi connectivity index (χ3v) is 5.32. The Hall–Kier alpha value is -3.22. The number of carbonyl (C=O) groups is 2. The van der Waals surface area contributed by atoms with Crippen molar-refractivity contribution in [1.29, 1.82) is 0 Å². The summed E-state index contributed by atoms with van der Waals surface area (Å²) in [6.45, 7) is 0.871. The quantitative estimate of drug-likeness (QED) is 0.874. The van der Waals surface area contributed by atoms with Gasteiger partial charge in [-0.3, -0.25) is 4.79 Å². The molecule has 3 amide bonds. The summed E-state index contributed by atoms with van der Waals surface area (Å²) in [5.41, 5.74) is 1.75. The molecule has 1 fully saturated rings. The minimum atomic E-state index is -0.661. The Kier molecular flexibility index (Phi) is 4.14. The van der Waals surface area contributed by atoms with Gasteiger partial charge in [-0.1, -0.05) is 18.2 Å². The third-order valence-electron chi connectivity index (χ3n) is 5.32. The molecule has 0 bridgehead atoms. The topological polar surface area (TPSA) is 79.9 Å². The van der Waals surface area contributed by atoms with Gasteiger partial charge in [-0.2, -0.15) is 0 Å². The van der Waals surface area contributed by atoms with Gasteiger partial charge in [-0.15, -0.1) is 0 Å². The van der Waals surface area contributed by atoms with Gasteiger partial charge in [-0.25, -0.2) is 4.79 Å². The lowest BCUT2D eigenvalue weighted by molar-refractivity contribution is -0.120. The second-order valence-electron chi connectivity index (χ2n) is 6.75. The lowest BCUT2D eigenvalue weighted by Crippen LogP contribution is -2.40. The number of nitrogens with zero attached hydrogens (tertiary/aromatic N) is 1. The first-order chi connectivity index (χ1) is 13.1. The van der Waals surface area contributed by atoms with E-state index in [1.165, 1.54) is 0 Å². The average molecular weight is 367 g/mol. The van der Waals surface area contributed by atoms with Crippen LogP contribution in [0.1, 0.15) is 12.0 Å². The monoisotopic (exact) mass is 367 g/mol. The predicted octanol–water partition coefficient (Wildman–Crippen LogP) is 2.83. The van der Waals surface area contributed by atoms with Crippen LogP contribution in [0.3, 0.4) is 0 Å². The smallest absolute Gasteiger partial charge is 0.321 e. The van der Waals surface area contributed by atoms with Gasteiger partial charge >= 0.3 is 6.03 Å². The highest BCUT2D eigenvalue weighted by molar-refractivity contribution is 6.07. The number of benzene rings is 2. The molecule has 2 aliphatic rings. The number of rotatable bonds is 3. The molecule has 2 aromatic carbocycles. The van der Waals surface area contributed by atoms with E-state index in [-0.39, 0.29) is 11.9 Å². The number of para-hydroxylation sites is 1. The molecule has 0 aliphatic carbocycles. The zero-order chi connectivity index (χ0) is 19.0. The van der Waals surface area contributed by atoms with Crippen LogP contribution in [-0.4, -0.2) is 44.1 Å². The molecule has 2 heterocycles. The molecule has 1 spiro atoms. The molecule has 7 nitrogen and oxygen atoms in total. The van der Waals surface area contributed by atoms with Gasteiger partial charge in [0.2, 0.25) is 5.91 Å². The number of hydrogen-bond acceptors (Lipinski definition) is 4. The van der Waals surface area contributed by atoms with Crippen LogP contribution >= 0.6 is 0 Å². The molecule has 0 unspecified atom stereocenters. The lowest BCUT2D eigenvalue weighted by atomic mass is 9.81. The summed E-state index contributed by atoms with van der Waals surface area (Å²) in [7, 11) is 3.11. The maximum Gasteiger partial charge on any atom is 0.321 e. The fourth-order valence-corrected chi connectivity index (χ4v) is 3.88. The SMILES string of the molecule is COc1ccc(NC(=O)N2CC[C@]3(C2)C(=O)Nc2ccccc23)cc1OC. The second-order valence-corrected chi connectivity index (χ2v) is 6.75. The molecule has 2 N–H and O–H groups in total. The summed E-state index contributed by atoms with van der Waals surface area (Å²) in [5, 5.41) is 5.81. The average Bonchev–Trinajstić information content (AvgIpc) is 3.25. The summed E-state index contributed by atoms with van der Waals surface area (Å²) in [5.74, 6) is 1.09. The van der Waals surface area contributed by atoms with Crippen LogP contribution < -0.4 is 20.1 Å². The molecule has 2 aliphatic heterocycles. The van der Waals surface area contributed by atoms with Crippen molar-refractivity contribution in [1.82, 2.24) is 4.90 Å². The number of methoxy groups -OCH3 is 2. The Morgan fingerprint density at radius 3 is 2.70 bits per heavy atom. The normalized spacial score (nSPS) is 20.4. The van der Waals surface area contributed by atoms with Crippen molar-refractivity contribution in [2.45, 2.75) is 11.8 Å². The highest BCUT2D eigenvalue weighted by atomic mass is 16.5. The molecule has 140 valence electrons. The Bertz CT molecular complexity index is 914. The van der Waals surface area contributed by atoms with Crippen molar-refractivity contribution in [2.75, 3.05) is 37.9 Å². The van der Waals surface area contributed by atoms with E-state index in [9.17, 15) is 9.59 Å². The Labute approximate surface area is 157 Å². The van der Waals surface area contributed by atoms with E-state index in [0.717, 1.165) is 11.3 Å². The molecule has 2 aromatic rings. The largest absolute Gasteiger partial charge is 0.493 e. The van der Waals surface area contributed by atoms with Crippen LogP contribution in [0.4, 0.5) is 16.2 Å². The number of nitrogens with one attached hydrogen (secondary N) is 2. The minimum Gasteiger partial charge on any atom is -0.493 e. The lowest BCUT2D eigenvalue weighted by Gasteiger charge is -2.23. The number of ether oxygens (including phenoxy) is 2. The summed E-state index contributed by atoms with van der Waals surface area (Å²) in [6, 6.07) is 12.6. The van der Waals surface area contributed by atoms with E-state index in [4.69, 9.17) is 9.47 Å². The zero-order valence-corrected chi connectivity index (χ0v) is 15.2. The maximum absolute atomic E-state index is 12.7. The minimum absolute atomic E-state index is 0.0369. The number of amides is 3. The molecule has 4 rings (SSSR count). The highest BCUT2D eigenvalue weighted by Crippen LogP contribution is 2.44. The molecular weight excluding hydrogens is 346 g/mol. The Morgan fingerprint density at radius 2 is 1.93 bits per heavy atom. The van der Waals surface area contributed by atoms with Crippen molar-refractivity contribution in [3.8, 4) is 11.5 Å². The highest BCUT2D eigenvalue weighted by Gasteiger charge is 2.51. The van der Waals surface area contributed by atoms with Gasteiger partial charge in [-0.05, 0) is 30.2 Å². The summed E-state index contributed by atoms with van der Waals surface area (Å²) >= 11 is 0. The molecular formula is C20H21N3O4. The Morgan fingerprint density at radius 1 is 1.15 bits per heavy atom. The first kappa shape index (κ1) is 17.2. The van der Waals surface area contributed by atoms with Crippen molar-refractivity contribution < 1.29 is 19.1 Å². The van der Waals surface area contributed by atoms with E-state index >= 15 is 0 Å². The van der Waals surface area contributed by atoms with Gasteiger partial charge in [0.05, 0.1) is 19.6 Å². The molecule has 1 saturated heterocycles. The van der Waals surface area contributed by atoms with Crippen molar-refractivity contribution >= 4 is 23.3 Å². The molecule has 1 atom stereocenters. The molecule has 0 aromatic heterocycles. The van der Waals surface area contributed by atoms with Gasteiger partial charge in [0, 0.05) is 30.5 Å². The molecule has 0 radical (unpaired) electrons. The number of likely N-dealkylation sites (tertiary alicyclic amines) is 1. The van der Waals surface area contributed by atoms with Crippen molar-refractivity contribution in [2.24, 2.45) is 0 Å². The molecule has 0 saturated carbocycles. The first-order valence-electron chi connectivity index (χ1n) is 8.76. The van der Waals surface area contributed by atoms with Crippen LogP contribution in [-0.2, 0) is 10.2 Å². The summed E-state index contributed by atoms with van der Waals surface area (Å²) in [6.07, 6.45) is 0.606. The van der Waals surface area contributed by atoms with Crippen LogP contribution in [0.25, 0.3) is 0 Å². The van der Waals surface area contributed by atoms with Gasteiger partial charge in [0.1, 0.15) is 0 Å². The van der Waals surface area contributed by atoms with Gasteiger partial charge in [0.25, 0.3) is 0 Å². The standard InChI is InChI=1S/C20H21N3O4/c1-26-16-8-7-13(11-17(16)27-2)21-19(25)23-10-9-20(12-23)14-5-3-4-6-15(14)22-18(20)24/h3-8,11H,9-10,12H2,1-2H3,(H,21,25)(H,22,24)/t20-/m1/s1. The predicted molar refractivity (Wildman–Crippen MR) is 102 cm³/mol. The van der Waals surface area contributed by atoms with Crippen molar-refractivity contribution in [3.05, 3.63) is 48.0 Å². The van der Waals surface area contributed by atoms with Crippen LogP contribution in [0.2, 0.25) is 0 Å². The number of urea groups is 1. The second kappa shape index (κ2) is 6.50. The summed E-state index contributed by atoms with van der Waals surface area (Å²) in [4.78, 5) is 27.1. The fourth-order valence-electron chi connectivity index (χ4n) is 3.88. The van der Waals surface area contributed by atoms with Gasteiger partial charge < -0.3 is 25.0 Å². The third kappa shape index (κ3) is 2.75. The zero-order valence-electron chi connectivity index (χ0n) is 15.2. The van der Waals surface area contributed by atoms with E-state index < -0.39 is 5.41 Å². The van der Waals surface area contributed by atoms with E-state index in [0.29, 0.717) is 36.7 Å². The molecule has 27 heavy (non-hydrogen) atoms. The summed E-state index contributed by atoms with van der Waals surface area (Å²) < 4.78 is 10.5. The number of anilines is 2. The fraction of sp³-hybridized carbons (Fsp3) is 0.300. The van der Waals surface area contributed by atoms with Crippen LogP contribution in [0.5, 0.6) is 11.5 Å². The van der Waals surface area contributed by atoms with E-state index in [1.54, 1.807) is 37.3 Å². The number of fused-ring (bicyclic) bond motifs is 2. The number of hydrogen-bond donors (Lipinski definition) is 2. The van der Waals surface area contributed by atoms with Gasteiger partial charge in [0.15, 0.2) is 11.5 Å². The first-order valence-corrected chi connectivity index (χ1v) is 8.76.